The summed E-state index contributed by atoms with van der Waals surface area (Å²) in [5, 5.41) is 0. The second kappa shape index (κ2) is 10.9. The van der Waals surface area contributed by atoms with Crippen molar-refractivity contribution in [2.45, 2.75) is 46.1 Å². The molecule has 0 saturated heterocycles. The summed E-state index contributed by atoms with van der Waals surface area (Å²) in [6, 6.07) is 0.924. The van der Waals surface area contributed by atoms with Crippen LogP contribution < -0.4 is 0 Å². The van der Waals surface area contributed by atoms with E-state index in [1.54, 1.807) is 0 Å². The first kappa shape index (κ1) is 16.8. The number of hydrogen-bond acceptors (Lipinski definition) is 3. The van der Waals surface area contributed by atoms with E-state index in [0.717, 1.165) is 49.6 Å². The number of rotatable bonds is 11. The summed E-state index contributed by atoms with van der Waals surface area (Å²) in [4.78, 5) is 0. The van der Waals surface area contributed by atoms with Crippen molar-refractivity contribution < 1.29 is 13.3 Å². The van der Waals surface area contributed by atoms with E-state index in [0.29, 0.717) is 0 Å². The maximum absolute atomic E-state index is 5.91. The molecule has 0 rings (SSSR count). The summed E-state index contributed by atoms with van der Waals surface area (Å²) >= 11 is 2.36. The molecule has 0 aliphatic rings. The van der Waals surface area contributed by atoms with Gasteiger partial charge >= 0.3 is 8.80 Å². The van der Waals surface area contributed by atoms with Crippen molar-refractivity contribution in [3.8, 4) is 0 Å². The zero-order valence-electron chi connectivity index (χ0n) is 10.8. The molecule has 98 valence electrons. The third kappa shape index (κ3) is 7.21. The Bertz CT molecular complexity index is 136. The molecule has 0 aromatic carbocycles. The predicted molar refractivity (Wildman–Crippen MR) is 78.2 cm³/mol. The number of halogens is 1. The maximum atomic E-state index is 5.91. The highest BCUT2D eigenvalue weighted by Gasteiger charge is 2.39. The van der Waals surface area contributed by atoms with Crippen LogP contribution in [0.2, 0.25) is 6.04 Å². The SMILES string of the molecule is CCCO[Si](CCI)(OCCC)OCCC. The lowest BCUT2D eigenvalue weighted by atomic mass is 10.5. The average Bonchev–Trinajstić information content (AvgIpc) is 2.31. The maximum Gasteiger partial charge on any atom is 0.501 e. The van der Waals surface area contributed by atoms with E-state index in [-0.39, 0.29) is 0 Å². The standard InChI is InChI=1S/C11H25IO3Si/c1-4-8-13-16(11-7-12,14-9-5-2)15-10-6-3/h4-11H2,1-3H3. The van der Waals surface area contributed by atoms with Gasteiger partial charge in [0.25, 0.3) is 0 Å². The van der Waals surface area contributed by atoms with Crippen LogP contribution in [0.15, 0.2) is 0 Å². The first-order chi connectivity index (χ1) is 7.74. The van der Waals surface area contributed by atoms with Crippen molar-refractivity contribution in [3.05, 3.63) is 0 Å². The fourth-order valence-electron chi connectivity index (χ4n) is 1.23. The minimum absolute atomic E-state index is 0.746. The quantitative estimate of drug-likeness (QED) is 0.320. The van der Waals surface area contributed by atoms with E-state index in [1.807, 2.05) is 0 Å². The van der Waals surface area contributed by atoms with Crippen LogP contribution >= 0.6 is 22.6 Å². The van der Waals surface area contributed by atoms with Crippen LogP contribution in [-0.2, 0) is 13.3 Å². The molecule has 3 nitrogen and oxygen atoms in total. The average molecular weight is 360 g/mol. The second-order valence-electron chi connectivity index (χ2n) is 3.67. The minimum atomic E-state index is -2.37. The van der Waals surface area contributed by atoms with E-state index in [2.05, 4.69) is 43.4 Å². The Morgan fingerprint density at radius 2 is 1.19 bits per heavy atom. The van der Waals surface area contributed by atoms with Crippen molar-refractivity contribution >= 4 is 31.4 Å². The predicted octanol–water partition coefficient (Wildman–Crippen LogP) is 3.64. The highest BCUT2D eigenvalue weighted by Crippen LogP contribution is 2.18. The third-order valence-corrected chi connectivity index (χ3v) is 6.33. The molecule has 0 bridgehead atoms. The number of hydrogen-bond donors (Lipinski definition) is 0. The zero-order valence-corrected chi connectivity index (χ0v) is 13.9. The molecular weight excluding hydrogens is 335 g/mol. The minimum Gasteiger partial charge on any atom is -0.373 e. The Morgan fingerprint density at radius 1 is 0.812 bits per heavy atom. The molecule has 0 aromatic rings. The normalized spacial score (nSPS) is 12.0. The Labute approximate surface area is 115 Å². The lowest BCUT2D eigenvalue weighted by Gasteiger charge is -2.29. The van der Waals surface area contributed by atoms with Gasteiger partial charge in [0.15, 0.2) is 0 Å². The van der Waals surface area contributed by atoms with Crippen LogP contribution in [0.4, 0.5) is 0 Å². The van der Waals surface area contributed by atoms with E-state index in [4.69, 9.17) is 13.3 Å². The summed E-state index contributed by atoms with van der Waals surface area (Å²) < 4.78 is 18.8. The molecule has 0 saturated carbocycles. The molecule has 16 heavy (non-hydrogen) atoms. The van der Waals surface area contributed by atoms with E-state index in [9.17, 15) is 0 Å². The van der Waals surface area contributed by atoms with Crippen LogP contribution in [0, 0.1) is 0 Å². The molecule has 5 heteroatoms. The molecule has 0 heterocycles. The first-order valence-electron chi connectivity index (χ1n) is 6.22. The Morgan fingerprint density at radius 3 is 1.44 bits per heavy atom. The fraction of sp³-hybridized carbons (Fsp3) is 1.00. The Kier molecular flexibility index (Phi) is 11.5. The van der Waals surface area contributed by atoms with E-state index >= 15 is 0 Å². The van der Waals surface area contributed by atoms with Gasteiger partial charge < -0.3 is 13.3 Å². The summed E-state index contributed by atoms with van der Waals surface area (Å²) in [6.07, 6.45) is 3.04. The summed E-state index contributed by atoms with van der Waals surface area (Å²) in [5.41, 5.74) is 0. The molecule has 0 radical (unpaired) electrons. The van der Waals surface area contributed by atoms with Crippen LogP contribution in [0.3, 0.4) is 0 Å². The molecule has 0 aliphatic heterocycles. The van der Waals surface area contributed by atoms with Gasteiger partial charge in [-0.3, -0.25) is 0 Å². The van der Waals surface area contributed by atoms with Crippen LogP contribution in [0.5, 0.6) is 0 Å². The van der Waals surface area contributed by atoms with Gasteiger partial charge in [0.2, 0.25) is 0 Å². The van der Waals surface area contributed by atoms with Gasteiger partial charge in [-0.05, 0) is 19.3 Å². The van der Waals surface area contributed by atoms with Gasteiger partial charge in [-0.15, -0.1) is 0 Å². The van der Waals surface area contributed by atoms with Gasteiger partial charge in [-0.1, -0.05) is 43.4 Å². The van der Waals surface area contributed by atoms with Crippen molar-refractivity contribution in [2.24, 2.45) is 0 Å². The molecule has 0 aliphatic carbocycles. The van der Waals surface area contributed by atoms with Crippen molar-refractivity contribution in [3.63, 3.8) is 0 Å². The Hall–Kier alpha value is 0.827. The lowest BCUT2D eigenvalue weighted by Crippen LogP contribution is -2.46. The topological polar surface area (TPSA) is 27.7 Å². The van der Waals surface area contributed by atoms with Crippen molar-refractivity contribution in [1.29, 1.82) is 0 Å². The monoisotopic (exact) mass is 360 g/mol. The molecule has 0 aromatic heterocycles. The van der Waals surface area contributed by atoms with Gasteiger partial charge in [0, 0.05) is 30.3 Å². The Balaban J connectivity index is 4.32. The van der Waals surface area contributed by atoms with Crippen LogP contribution in [0.25, 0.3) is 0 Å². The van der Waals surface area contributed by atoms with Crippen molar-refractivity contribution in [1.82, 2.24) is 0 Å². The zero-order chi connectivity index (χ0) is 12.3. The molecule has 0 N–H and O–H groups in total. The summed E-state index contributed by atoms with van der Waals surface area (Å²) in [7, 11) is -2.37. The second-order valence-corrected chi connectivity index (χ2v) is 7.48. The number of alkyl halides is 1. The van der Waals surface area contributed by atoms with E-state index in [1.165, 1.54) is 0 Å². The fourth-order valence-corrected chi connectivity index (χ4v) is 5.67. The van der Waals surface area contributed by atoms with Gasteiger partial charge in [0.05, 0.1) is 0 Å². The molecular formula is C11H25IO3Si. The van der Waals surface area contributed by atoms with E-state index < -0.39 is 8.80 Å². The smallest absolute Gasteiger partial charge is 0.373 e. The van der Waals surface area contributed by atoms with Crippen LogP contribution in [-0.4, -0.2) is 33.1 Å². The summed E-state index contributed by atoms with van der Waals surface area (Å²) in [5.74, 6) is 0. The highest BCUT2D eigenvalue weighted by molar-refractivity contribution is 14.1. The molecule has 0 spiro atoms. The lowest BCUT2D eigenvalue weighted by molar-refractivity contribution is 0.0608. The molecule has 0 amide bonds. The third-order valence-electron chi connectivity index (χ3n) is 1.98. The molecule has 0 unspecified atom stereocenters. The largest absolute Gasteiger partial charge is 0.501 e. The van der Waals surface area contributed by atoms with Crippen molar-refractivity contribution in [2.75, 3.05) is 24.2 Å². The molecule has 0 atom stereocenters. The van der Waals surface area contributed by atoms with Gasteiger partial charge in [0.1, 0.15) is 0 Å². The van der Waals surface area contributed by atoms with Gasteiger partial charge in [-0.2, -0.15) is 0 Å². The first-order valence-corrected chi connectivity index (χ1v) is 9.68. The summed E-state index contributed by atoms with van der Waals surface area (Å²) in [6.45, 7) is 8.58. The highest BCUT2D eigenvalue weighted by atomic mass is 127. The van der Waals surface area contributed by atoms with Gasteiger partial charge in [-0.25, -0.2) is 0 Å². The van der Waals surface area contributed by atoms with Crippen LogP contribution in [0.1, 0.15) is 40.0 Å². The molecule has 0 fully saturated rings.